The fraction of sp³-hybridized carbons (Fsp3) is 0.500. The van der Waals surface area contributed by atoms with Crippen LogP contribution in [0.3, 0.4) is 0 Å². The summed E-state index contributed by atoms with van der Waals surface area (Å²) < 4.78 is 11.0. The van der Waals surface area contributed by atoms with Gasteiger partial charge in [0.15, 0.2) is 0 Å². The van der Waals surface area contributed by atoms with Gasteiger partial charge in [0.1, 0.15) is 10.7 Å². The third kappa shape index (κ3) is 4.27. The molecule has 0 aromatic heterocycles. The minimum absolute atomic E-state index is 0.159. The summed E-state index contributed by atoms with van der Waals surface area (Å²) >= 11 is 4.97. The summed E-state index contributed by atoms with van der Waals surface area (Å²) in [6.07, 6.45) is 0.833. The molecule has 1 rings (SSSR count). The van der Waals surface area contributed by atoms with Gasteiger partial charge in [0.2, 0.25) is 0 Å². The van der Waals surface area contributed by atoms with Crippen LogP contribution in [0.25, 0.3) is 0 Å². The van der Waals surface area contributed by atoms with E-state index in [0.29, 0.717) is 11.6 Å². The van der Waals surface area contributed by atoms with Crippen LogP contribution in [0, 0.1) is 6.92 Å². The van der Waals surface area contributed by atoms with E-state index >= 15 is 0 Å². The summed E-state index contributed by atoms with van der Waals surface area (Å²) in [7, 11) is 1.71. The molecule has 18 heavy (non-hydrogen) atoms. The van der Waals surface area contributed by atoms with Crippen molar-refractivity contribution in [1.29, 1.82) is 0 Å². The number of benzene rings is 1. The van der Waals surface area contributed by atoms with E-state index < -0.39 is 0 Å². The molecule has 0 saturated carbocycles. The van der Waals surface area contributed by atoms with Crippen LogP contribution < -0.4 is 10.5 Å². The lowest BCUT2D eigenvalue weighted by atomic mass is 10.1. The highest BCUT2D eigenvalue weighted by Gasteiger charge is 2.16. The monoisotopic (exact) mass is 267 g/mol. The Labute approximate surface area is 114 Å². The first-order chi connectivity index (χ1) is 8.35. The second kappa shape index (κ2) is 6.16. The third-order valence-electron chi connectivity index (χ3n) is 2.99. The second-order valence-corrected chi connectivity index (χ2v) is 5.34. The van der Waals surface area contributed by atoms with Gasteiger partial charge in [-0.1, -0.05) is 12.2 Å². The van der Waals surface area contributed by atoms with E-state index in [9.17, 15) is 0 Å². The van der Waals surface area contributed by atoms with Gasteiger partial charge in [-0.15, -0.1) is 0 Å². The van der Waals surface area contributed by atoms with Gasteiger partial charge in [-0.3, -0.25) is 0 Å². The van der Waals surface area contributed by atoms with Crippen molar-refractivity contribution < 1.29 is 9.47 Å². The summed E-state index contributed by atoms with van der Waals surface area (Å²) in [5.41, 5.74) is 7.39. The fourth-order valence-electron chi connectivity index (χ4n) is 1.52. The van der Waals surface area contributed by atoms with Gasteiger partial charge in [-0.25, -0.2) is 0 Å². The van der Waals surface area contributed by atoms with Gasteiger partial charge in [-0.05, 0) is 44.5 Å². The van der Waals surface area contributed by atoms with Crippen molar-refractivity contribution in [2.75, 3.05) is 13.7 Å². The number of aryl methyl sites for hydroxylation is 1. The van der Waals surface area contributed by atoms with Gasteiger partial charge in [0.25, 0.3) is 0 Å². The molecular formula is C14H21NO2S. The van der Waals surface area contributed by atoms with Gasteiger partial charge in [-0.2, -0.15) is 0 Å². The number of hydrogen-bond acceptors (Lipinski definition) is 3. The first-order valence-corrected chi connectivity index (χ1v) is 6.35. The maximum Gasteiger partial charge on any atom is 0.119 e. The molecule has 0 radical (unpaired) electrons. The Kier molecular flexibility index (Phi) is 5.11. The predicted molar refractivity (Wildman–Crippen MR) is 78.3 cm³/mol. The Morgan fingerprint density at radius 1 is 1.39 bits per heavy atom. The first kappa shape index (κ1) is 14.9. The van der Waals surface area contributed by atoms with Crippen molar-refractivity contribution >= 4 is 17.2 Å². The molecule has 0 bridgehead atoms. The van der Waals surface area contributed by atoms with Crippen molar-refractivity contribution in [3.63, 3.8) is 0 Å². The van der Waals surface area contributed by atoms with Crippen LogP contribution in [0.5, 0.6) is 5.75 Å². The minimum Gasteiger partial charge on any atom is -0.493 e. The summed E-state index contributed by atoms with van der Waals surface area (Å²) in [4.78, 5) is 0.416. The number of methoxy groups -OCH3 is 1. The smallest absolute Gasteiger partial charge is 0.119 e. The van der Waals surface area contributed by atoms with Crippen molar-refractivity contribution in [3.8, 4) is 5.75 Å². The highest BCUT2D eigenvalue weighted by atomic mass is 32.1. The molecule has 0 aliphatic carbocycles. The molecule has 1 aromatic carbocycles. The van der Waals surface area contributed by atoms with Crippen molar-refractivity contribution in [1.82, 2.24) is 0 Å². The zero-order valence-corrected chi connectivity index (χ0v) is 12.3. The van der Waals surface area contributed by atoms with Crippen LogP contribution in [-0.4, -0.2) is 24.3 Å². The van der Waals surface area contributed by atoms with Gasteiger partial charge in [0.05, 0.1) is 12.2 Å². The lowest BCUT2D eigenvalue weighted by Gasteiger charge is -2.22. The van der Waals surface area contributed by atoms with E-state index in [1.807, 2.05) is 39.0 Å². The molecule has 1 aromatic rings. The number of rotatable bonds is 6. The molecule has 0 aliphatic heterocycles. The van der Waals surface area contributed by atoms with Gasteiger partial charge < -0.3 is 15.2 Å². The lowest BCUT2D eigenvalue weighted by Crippen LogP contribution is -2.25. The van der Waals surface area contributed by atoms with Gasteiger partial charge >= 0.3 is 0 Å². The third-order valence-corrected chi connectivity index (χ3v) is 3.21. The van der Waals surface area contributed by atoms with Gasteiger partial charge in [0, 0.05) is 19.1 Å². The van der Waals surface area contributed by atoms with Crippen molar-refractivity contribution in [2.24, 2.45) is 5.73 Å². The second-order valence-electron chi connectivity index (χ2n) is 4.90. The molecule has 0 unspecified atom stereocenters. The average Bonchev–Trinajstić information content (AvgIpc) is 2.28. The Hall–Kier alpha value is -1.13. The highest BCUT2D eigenvalue weighted by molar-refractivity contribution is 7.80. The Balaban J connectivity index is 2.59. The number of hydrogen-bond donors (Lipinski definition) is 1. The maximum absolute atomic E-state index is 5.70. The van der Waals surface area contributed by atoms with Crippen LogP contribution in [0.4, 0.5) is 0 Å². The van der Waals surface area contributed by atoms with E-state index in [2.05, 4.69) is 0 Å². The topological polar surface area (TPSA) is 44.5 Å². The highest BCUT2D eigenvalue weighted by Crippen LogP contribution is 2.19. The zero-order chi connectivity index (χ0) is 13.8. The standard InChI is InChI=1S/C14H21NO2S/c1-10-9-11(5-6-12(10)13(15)18)17-8-7-14(2,3)16-4/h5-6,9H,7-8H2,1-4H3,(H2,15,18). The molecule has 4 heteroatoms. The minimum atomic E-state index is -0.159. The summed E-state index contributed by atoms with van der Waals surface area (Å²) in [6, 6.07) is 5.74. The van der Waals surface area contributed by atoms with Crippen LogP contribution >= 0.6 is 12.2 Å². The molecule has 0 spiro atoms. The van der Waals surface area contributed by atoms with Crippen LogP contribution in [0.1, 0.15) is 31.4 Å². The molecule has 0 atom stereocenters. The number of thiocarbonyl (C=S) groups is 1. The summed E-state index contributed by atoms with van der Waals surface area (Å²) in [6.45, 7) is 6.67. The molecule has 3 nitrogen and oxygen atoms in total. The van der Waals surface area contributed by atoms with Crippen LogP contribution in [-0.2, 0) is 4.74 Å². The van der Waals surface area contributed by atoms with E-state index in [-0.39, 0.29) is 5.60 Å². The largest absolute Gasteiger partial charge is 0.493 e. The first-order valence-electron chi connectivity index (χ1n) is 5.94. The van der Waals surface area contributed by atoms with E-state index in [1.165, 1.54) is 0 Å². The normalized spacial score (nSPS) is 11.3. The molecule has 0 saturated heterocycles. The molecule has 0 aliphatic rings. The summed E-state index contributed by atoms with van der Waals surface area (Å²) in [5.74, 6) is 0.833. The van der Waals surface area contributed by atoms with Crippen molar-refractivity contribution in [2.45, 2.75) is 32.8 Å². The molecule has 100 valence electrons. The molecule has 0 fully saturated rings. The molecule has 2 N–H and O–H groups in total. The lowest BCUT2D eigenvalue weighted by molar-refractivity contribution is 0.00545. The summed E-state index contributed by atoms with van der Waals surface area (Å²) in [5, 5.41) is 0. The quantitative estimate of drug-likeness (QED) is 0.805. The van der Waals surface area contributed by atoms with E-state index in [4.69, 9.17) is 27.4 Å². The van der Waals surface area contributed by atoms with Crippen molar-refractivity contribution in [3.05, 3.63) is 29.3 Å². The Morgan fingerprint density at radius 3 is 2.56 bits per heavy atom. The van der Waals surface area contributed by atoms with E-state index in [1.54, 1.807) is 7.11 Å². The fourth-order valence-corrected chi connectivity index (χ4v) is 1.75. The van der Waals surface area contributed by atoms with E-state index in [0.717, 1.165) is 23.3 Å². The predicted octanol–water partition coefficient (Wildman–Crippen LogP) is 2.82. The average molecular weight is 267 g/mol. The SMILES string of the molecule is COC(C)(C)CCOc1ccc(C(N)=S)c(C)c1. The van der Waals surface area contributed by atoms with Crippen LogP contribution in [0.2, 0.25) is 0 Å². The number of ether oxygens (including phenoxy) is 2. The molecular weight excluding hydrogens is 246 g/mol. The maximum atomic E-state index is 5.70. The van der Waals surface area contributed by atoms with Crippen LogP contribution in [0.15, 0.2) is 18.2 Å². The Bertz CT molecular complexity index is 430. The number of nitrogens with two attached hydrogens (primary N) is 1. The zero-order valence-electron chi connectivity index (χ0n) is 11.4. The molecule has 0 amide bonds. The molecule has 0 heterocycles. The Morgan fingerprint density at radius 2 is 2.06 bits per heavy atom.